The van der Waals surface area contributed by atoms with Gasteiger partial charge in [-0.1, -0.05) is 41.9 Å². The zero-order chi connectivity index (χ0) is 25.9. The minimum absolute atomic E-state index is 0.0139. The molecular formula is C23H26ClF4NO4S. The van der Waals surface area contributed by atoms with Gasteiger partial charge in [0.15, 0.2) is 9.84 Å². The van der Waals surface area contributed by atoms with Crippen LogP contribution in [0.5, 0.6) is 0 Å². The van der Waals surface area contributed by atoms with Gasteiger partial charge in [-0.05, 0) is 44.0 Å². The maximum absolute atomic E-state index is 14.2. The molecule has 1 N–H and O–H groups in total. The Hall–Kier alpha value is -2.17. The predicted molar refractivity (Wildman–Crippen MR) is 122 cm³/mol. The van der Waals surface area contributed by atoms with Crippen LogP contribution in [0.25, 0.3) is 11.1 Å². The Labute approximate surface area is 201 Å². The summed E-state index contributed by atoms with van der Waals surface area (Å²) in [5.74, 6) is -0.975. The summed E-state index contributed by atoms with van der Waals surface area (Å²) in [6, 6.07) is 5.52. The third-order valence-corrected chi connectivity index (χ3v) is 6.30. The highest BCUT2D eigenvalue weighted by Crippen LogP contribution is 2.36. The number of ether oxygens (including phenoxy) is 1. The number of sulfone groups is 1. The number of nitrogens with one attached hydrogen (secondary N) is 1. The molecule has 0 heterocycles. The van der Waals surface area contributed by atoms with Crippen molar-refractivity contribution in [3.8, 4) is 11.1 Å². The van der Waals surface area contributed by atoms with Crippen LogP contribution >= 0.6 is 11.6 Å². The first kappa shape index (κ1) is 28.1. The van der Waals surface area contributed by atoms with Crippen LogP contribution in [0.2, 0.25) is 5.02 Å². The van der Waals surface area contributed by atoms with E-state index in [9.17, 15) is 30.8 Å². The third kappa shape index (κ3) is 7.68. The second-order valence-electron chi connectivity index (χ2n) is 8.40. The van der Waals surface area contributed by atoms with Gasteiger partial charge in [0.1, 0.15) is 17.8 Å². The van der Waals surface area contributed by atoms with E-state index >= 15 is 0 Å². The second-order valence-corrected chi connectivity index (χ2v) is 10.8. The van der Waals surface area contributed by atoms with E-state index in [0.717, 1.165) is 20.1 Å². The smallest absolute Gasteiger partial charge is 0.407 e. The second kappa shape index (κ2) is 10.6. The Morgan fingerprint density at radius 1 is 1.09 bits per heavy atom. The van der Waals surface area contributed by atoms with Crippen LogP contribution in [0.1, 0.15) is 38.8 Å². The Morgan fingerprint density at radius 3 is 2.12 bits per heavy atom. The summed E-state index contributed by atoms with van der Waals surface area (Å²) in [5.41, 5.74) is -1.23. The fourth-order valence-electron chi connectivity index (χ4n) is 3.34. The Morgan fingerprint density at radius 2 is 1.68 bits per heavy atom. The summed E-state index contributed by atoms with van der Waals surface area (Å²) in [7, 11) is -3.48. The molecule has 0 aliphatic heterocycles. The summed E-state index contributed by atoms with van der Waals surface area (Å²) in [4.78, 5) is 12.2. The number of halogens is 5. The molecule has 2 aromatic rings. The quantitative estimate of drug-likeness (QED) is 0.338. The normalized spacial score (nSPS) is 14.5. The van der Waals surface area contributed by atoms with Crippen molar-refractivity contribution in [3.63, 3.8) is 0 Å². The molecule has 2 aromatic carbocycles. The number of hydrogen-bond donors (Lipinski definition) is 1. The largest absolute Gasteiger partial charge is 0.465 e. The van der Waals surface area contributed by atoms with Crippen molar-refractivity contribution >= 4 is 27.4 Å². The molecule has 0 fully saturated rings. The van der Waals surface area contributed by atoms with Crippen molar-refractivity contribution in [2.75, 3.05) is 12.9 Å². The topological polar surface area (TPSA) is 72.5 Å². The molecule has 188 valence electrons. The van der Waals surface area contributed by atoms with Crippen LogP contribution < -0.4 is 5.32 Å². The average molecular weight is 524 g/mol. The number of carbonyl (C=O) groups excluding carboxylic acids is 1. The van der Waals surface area contributed by atoms with Crippen LogP contribution in [0.3, 0.4) is 0 Å². The molecule has 5 nitrogen and oxygen atoms in total. The van der Waals surface area contributed by atoms with Crippen LogP contribution in [-0.2, 0) is 19.4 Å². The number of esters is 1. The van der Waals surface area contributed by atoms with Gasteiger partial charge in [0.05, 0.1) is 11.5 Å². The predicted octanol–water partition coefficient (Wildman–Crippen LogP) is 5.67. The maximum atomic E-state index is 14.2. The molecule has 11 heteroatoms. The molecule has 0 amide bonds. The van der Waals surface area contributed by atoms with Crippen LogP contribution in [0, 0.1) is 0 Å². The van der Waals surface area contributed by atoms with E-state index in [4.69, 9.17) is 16.3 Å². The Balaban J connectivity index is 2.39. The van der Waals surface area contributed by atoms with E-state index in [-0.39, 0.29) is 22.1 Å². The van der Waals surface area contributed by atoms with Crippen molar-refractivity contribution in [3.05, 3.63) is 53.1 Å². The van der Waals surface area contributed by atoms with E-state index in [1.165, 1.54) is 49.4 Å². The lowest BCUT2D eigenvalue weighted by Crippen LogP contribution is -2.47. The van der Waals surface area contributed by atoms with E-state index < -0.39 is 46.2 Å². The summed E-state index contributed by atoms with van der Waals surface area (Å²) >= 11 is 6.20. The van der Waals surface area contributed by atoms with Gasteiger partial charge in [0.25, 0.3) is 0 Å². The van der Waals surface area contributed by atoms with Crippen LogP contribution in [-0.4, -0.2) is 45.1 Å². The first-order valence-electron chi connectivity index (χ1n) is 10.3. The number of carbonyl (C=O) groups is 1. The summed E-state index contributed by atoms with van der Waals surface area (Å²) in [5, 5.41) is 2.33. The lowest BCUT2D eigenvalue weighted by atomic mass is 9.97. The molecular weight excluding hydrogens is 498 g/mol. The highest BCUT2D eigenvalue weighted by atomic mass is 35.5. The molecule has 0 bridgehead atoms. The van der Waals surface area contributed by atoms with Gasteiger partial charge in [-0.3, -0.25) is 10.1 Å². The van der Waals surface area contributed by atoms with Gasteiger partial charge in [0, 0.05) is 23.3 Å². The van der Waals surface area contributed by atoms with Crippen molar-refractivity contribution in [2.24, 2.45) is 0 Å². The van der Waals surface area contributed by atoms with E-state index in [1.54, 1.807) is 0 Å². The van der Waals surface area contributed by atoms with Gasteiger partial charge >= 0.3 is 12.1 Å². The van der Waals surface area contributed by atoms with Crippen LogP contribution in [0.4, 0.5) is 17.6 Å². The number of rotatable bonds is 9. The highest BCUT2D eigenvalue weighted by molar-refractivity contribution is 7.90. The fraction of sp³-hybridized carbons (Fsp3) is 0.435. The zero-order valence-electron chi connectivity index (χ0n) is 19.0. The standard InChI is InChI=1S/C23H26ClF4NO4S/c1-5-33-21(30)19(13-22(2,3)25)29-20(23(26,27)28)15-8-6-14(7-9-15)17-11-10-16(12-18(17)24)34(4,31)32/h6-12,19-20,29H,5,13H2,1-4H3/t19-,20-/m0/s1. The monoisotopic (exact) mass is 523 g/mol. The number of alkyl halides is 4. The van der Waals surface area contributed by atoms with E-state index in [1.807, 2.05) is 0 Å². The van der Waals surface area contributed by atoms with Crippen molar-refractivity contribution in [1.82, 2.24) is 5.32 Å². The van der Waals surface area contributed by atoms with Gasteiger partial charge in [-0.2, -0.15) is 13.2 Å². The minimum Gasteiger partial charge on any atom is -0.465 e. The SMILES string of the molecule is CCOC(=O)[C@H](CC(C)(C)F)N[C@@H](c1ccc(-c2ccc(S(C)(=O)=O)cc2Cl)cc1)C(F)(F)F. The number of hydrogen-bond acceptors (Lipinski definition) is 5. The summed E-state index contributed by atoms with van der Waals surface area (Å²) in [6.45, 7) is 3.77. The third-order valence-electron chi connectivity index (χ3n) is 4.88. The van der Waals surface area contributed by atoms with Gasteiger partial charge in [0.2, 0.25) is 0 Å². The van der Waals surface area contributed by atoms with Crippen molar-refractivity contribution in [1.29, 1.82) is 0 Å². The molecule has 0 unspecified atom stereocenters. The molecule has 0 saturated heterocycles. The first-order valence-corrected chi connectivity index (χ1v) is 12.6. The summed E-state index contributed by atoms with van der Waals surface area (Å²) in [6.07, 6.45) is -4.27. The van der Waals surface area contributed by atoms with E-state index in [2.05, 4.69) is 5.32 Å². The lowest BCUT2D eigenvalue weighted by molar-refractivity contribution is -0.165. The average Bonchev–Trinajstić information content (AvgIpc) is 2.69. The molecule has 0 radical (unpaired) electrons. The Bertz CT molecular complexity index is 1110. The van der Waals surface area contributed by atoms with Crippen LogP contribution in [0.15, 0.2) is 47.4 Å². The lowest BCUT2D eigenvalue weighted by Gasteiger charge is -2.29. The molecule has 0 aliphatic rings. The first-order chi connectivity index (χ1) is 15.5. The number of benzene rings is 2. The molecule has 0 saturated carbocycles. The molecule has 2 atom stereocenters. The minimum atomic E-state index is -4.79. The van der Waals surface area contributed by atoms with E-state index in [0.29, 0.717) is 11.1 Å². The van der Waals surface area contributed by atoms with Crippen molar-refractivity contribution in [2.45, 2.75) is 56.0 Å². The molecule has 0 aliphatic carbocycles. The van der Waals surface area contributed by atoms with Gasteiger partial charge in [-0.15, -0.1) is 0 Å². The Kier molecular flexibility index (Phi) is 8.77. The molecule has 0 spiro atoms. The van der Waals surface area contributed by atoms with Gasteiger partial charge < -0.3 is 4.74 Å². The molecule has 34 heavy (non-hydrogen) atoms. The van der Waals surface area contributed by atoms with Crippen molar-refractivity contribution < 1.29 is 35.5 Å². The highest BCUT2D eigenvalue weighted by Gasteiger charge is 2.44. The maximum Gasteiger partial charge on any atom is 0.407 e. The zero-order valence-corrected chi connectivity index (χ0v) is 20.6. The molecule has 2 rings (SSSR count). The van der Waals surface area contributed by atoms with Gasteiger partial charge in [-0.25, -0.2) is 12.8 Å². The fourth-order valence-corrected chi connectivity index (χ4v) is 4.34. The molecule has 0 aromatic heterocycles. The summed E-state index contributed by atoms with van der Waals surface area (Å²) < 4.78 is 84.1.